The lowest BCUT2D eigenvalue weighted by molar-refractivity contribution is -0.124. The van der Waals surface area contributed by atoms with Crippen LogP contribution >= 0.6 is 24.0 Å². The van der Waals surface area contributed by atoms with Gasteiger partial charge < -0.3 is 16.0 Å². The topological polar surface area (TPSA) is 104 Å². The van der Waals surface area contributed by atoms with Crippen molar-refractivity contribution in [2.75, 3.05) is 26.2 Å². The molecule has 1 aliphatic rings. The molecule has 1 aromatic heterocycles. The van der Waals surface area contributed by atoms with Gasteiger partial charge >= 0.3 is 6.03 Å². The van der Waals surface area contributed by atoms with Crippen molar-refractivity contribution in [1.82, 2.24) is 30.6 Å². The number of imide groups is 1. The van der Waals surface area contributed by atoms with Gasteiger partial charge in [-0.3, -0.25) is 14.4 Å². The number of hydrogen-bond acceptors (Lipinski definition) is 4. The summed E-state index contributed by atoms with van der Waals surface area (Å²) < 4.78 is 1.88. The van der Waals surface area contributed by atoms with Crippen molar-refractivity contribution < 1.29 is 9.59 Å². The lowest BCUT2D eigenvalue weighted by Crippen LogP contribution is -2.43. The molecule has 10 heteroatoms. The van der Waals surface area contributed by atoms with E-state index in [9.17, 15) is 9.59 Å². The molecule has 1 saturated heterocycles. The molecular weight excluding hydrogens is 485 g/mol. The average Bonchev–Trinajstić information content (AvgIpc) is 3.32. The Bertz CT molecular complexity index is 823. The van der Waals surface area contributed by atoms with Crippen LogP contribution in [-0.2, 0) is 17.9 Å². The molecule has 0 aliphatic carbocycles. The van der Waals surface area contributed by atoms with Gasteiger partial charge in [0.05, 0.1) is 19.6 Å². The van der Waals surface area contributed by atoms with Gasteiger partial charge in [0.15, 0.2) is 5.96 Å². The number of carbonyl (C=O) groups excluding carboxylic acids is 2. The molecule has 0 bridgehead atoms. The summed E-state index contributed by atoms with van der Waals surface area (Å²) in [5.74, 6) is 0.435. The third-order valence-electron chi connectivity index (χ3n) is 4.33. The number of hydrogen-bond donors (Lipinski definition) is 3. The van der Waals surface area contributed by atoms with Crippen LogP contribution in [0.3, 0.4) is 0 Å². The second-order valence-electron chi connectivity index (χ2n) is 6.30. The van der Waals surface area contributed by atoms with Gasteiger partial charge in [0.2, 0.25) is 5.91 Å². The Morgan fingerprint density at radius 3 is 2.66 bits per heavy atom. The molecule has 0 radical (unpaired) electrons. The van der Waals surface area contributed by atoms with Crippen LogP contribution in [0.4, 0.5) is 4.79 Å². The SMILES string of the molecule is CCNC(=NCc1ccccc1Cn1cccn1)NCCN1C(=O)CNC1=O.I. The molecule has 2 aromatic rings. The number of benzene rings is 1. The largest absolute Gasteiger partial charge is 0.357 e. The minimum atomic E-state index is -0.346. The van der Waals surface area contributed by atoms with E-state index in [1.54, 1.807) is 6.20 Å². The van der Waals surface area contributed by atoms with E-state index in [2.05, 4.69) is 38.2 Å². The zero-order valence-electron chi connectivity index (χ0n) is 16.3. The van der Waals surface area contributed by atoms with Gasteiger partial charge in [-0.15, -0.1) is 24.0 Å². The van der Waals surface area contributed by atoms with Gasteiger partial charge in [0, 0.05) is 32.0 Å². The van der Waals surface area contributed by atoms with E-state index in [0.29, 0.717) is 38.7 Å². The minimum Gasteiger partial charge on any atom is -0.357 e. The highest BCUT2D eigenvalue weighted by molar-refractivity contribution is 14.0. The van der Waals surface area contributed by atoms with Crippen molar-refractivity contribution in [3.8, 4) is 0 Å². The molecule has 9 nitrogen and oxygen atoms in total. The molecule has 0 unspecified atom stereocenters. The second-order valence-corrected chi connectivity index (χ2v) is 6.30. The van der Waals surface area contributed by atoms with Gasteiger partial charge in [-0.25, -0.2) is 9.79 Å². The predicted molar refractivity (Wildman–Crippen MR) is 121 cm³/mol. The van der Waals surface area contributed by atoms with Gasteiger partial charge in [0.1, 0.15) is 0 Å². The molecule has 0 atom stereocenters. The molecule has 3 rings (SSSR count). The van der Waals surface area contributed by atoms with Crippen LogP contribution in [0.15, 0.2) is 47.7 Å². The normalized spacial score (nSPS) is 13.8. The molecule has 0 spiro atoms. The maximum absolute atomic E-state index is 11.6. The molecule has 156 valence electrons. The van der Waals surface area contributed by atoms with Crippen LogP contribution in [0.25, 0.3) is 0 Å². The average molecular weight is 511 g/mol. The third kappa shape index (κ3) is 6.44. The first kappa shape index (κ1) is 22.7. The number of aromatic nitrogens is 2. The van der Waals surface area contributed by atoms with E-state index in [-0.39, 0.29) is 42.5 Å². The van der Waals surface area contributed by atoms with E-state index >= 15 is 0 Å². The molecule has 2 heterocycles. The Kier molecular flexibility index (Phi) is 8.90. The summed E-state index contributed by atoms with van der Waals surface area (Å²) in [7, 11) is 0. The third-order valence-corrected chi connectivity index (χ3v) is 4.33. The van der Waals surface area contributed by atoms with Crippen molar-refractivity contribution >= 4 is 41.9 Å². The number of aliphatic imine (C=N–C) groups is 1. The van der Waals surface area contributed by atoms with Gasteiger partial charge in [-0.05, 0) is 24.1 Å². The molecule has 3 N–H and O–H groups in total. The Balaban J connectivity index is 0.00000300. The maximum Gasteiger partial charge on any atom is 0.324 e. The number of guanidine groups is 1. The zero-order valence-corrected chi connectivity index (χ0v) is 18.6. The lowest BCUT2D eigenvalue weighted by Gasteiger charge is -2.15. The van der Waals surface area contributed by atoms with Crippen LogP contribution in [0.2, 0.25) is 0 Å². The van der Waals surface area contributed by atoms with E-state index in [1.165, 1.54) is 4.90 Å². The Labute approximate surface area is 187 Å². The smallest absolute Gasteiger partial charge is 0.324 e. The summed E-state index contributed by atoms with van der Waals surface area (Å²) in [6.45, 7) is 4.69. The standard InChI is InChI=1S/C19H25N7O2.HI/c1-2-20-18(21-9-11-26-17(27)13-23-19(26)28)22-12-15-6-3-4-7-16(15)14-25-10-5-8-24-25;/h3-8,10H,2,9,11-14H2,1H3,(H,23,28)(H2,20,21,22);1H. The van der Waals surface area contributed by atoms with Crippen LogP contribution in [0.1, 0.15) is 18.1 Å². The van der Waals surface area contributed by atoms with Crippen molar-refractivity contribution in [1.29, 1.82) is 0 Å². The summed E-state index contributed by atoms with van der Waals surface area (Å²) >= 11 is 0. The summed E-state index contributed by atoms with van der Waals surface area (Å²) in [6, 6.07) is 9.69. The quantitative estimate of drug-likeness (QED) is 0.214. The Morgan fingerprint density at radius 2 is 2.00 bits per heavy atom. The number of nitrogens with zero attached hydrogens (tertiary/aromatic N) is 4. The number of urea groups is 1. The van der Waals surface area contributed by atoms with Crippen molar-refractivity contribution in [3.05, 3.63) is 53.9 Å². The highest BCUT2D eigenvalue weighted by atomic mass is 127. The van der Waals surface area contributed by atoms with E-state index in [0.717, 1.165) is 11.1 Å². The Morgan fingerprint density at radius 1 is 1.21 bits per heavy atom. The molecule has 3 amide bonds. The first-order chi connectivity index (χ1) is 13.7. The lowest BCUT2D eigenvalue weighted by atomic mass is 10.1. The van der Waals surface area contributed by atoms with Gasteiger partial charge in [-0.2, -0.15) is 5.10 Å². The summed E-state index contributed by atoms with van der Waals surface area (Å²) in [5, 5.41) is 13.1. The first-order valence-corrected chi connectivity index (χ1v) is 9.32. The highest BCUT2D eigenvalue weighted by Gasteiger charge is 2.27. The summed E-state index contributed by atoms with van der Waals surface area (Å²) in [5.41, 5.74) is 2.27. The zero-order chi connectivity index (χ0) is 19.8. The number of halogens is 1. The molecule has 29 heavy (non-hydrogen) atoms. The Hall–Kier alpha value is -2.63. The molecule has 1 aliphatic heterocycles. The van der Waals surface area contributed by atoms with Crippen molar-refractivity contribution in [2.24, 2.45) is 4.99 Å². The first-order valence-electron chi connectivity index (χ1n) is 9.32. The van der Waals surface area contributed by atoms with Crippen LogP contribution < -0.4 is 16.0 Å². The summed E-state index contributed by atoms with van der Waals surface area (Å²) in [4.78, 5) is 29.0. The fourth-order valence-electron chi connectivity index (χ4n) is 2.91. The fraction of sp³-hybridized carbons (Fsp3) is 0.368. The van der Waals surface area contributed by atoms with Crippen molar-refractivity contribution in [3.63, 3.8) is 0 Å². The number of carbonyl (C=O) groups is 2. The number of rotatable bonds is 8. The molecule has 1 aromatic carbocycles. The molecule has 1 fully saturated rings. The molecular formula is C19H26IN7O2. The number of nitrogens with one attached hydrogen (secondary N) is 3. The highest BCUT2D eigenvalue weighted by Crippen LogP contribution is 2.11. The second kappa shape index (κ2) is 11.4. The number of amides is 3. The van der Waals surface area contributed by atoms with Gasteiger partial charge in [-0.1, -0.05) is 24.3 Å². The van der Waals surface area contributed by atoms with Crippen molar-refractivity contribution in [2.45, 2.75) is 20.0 Å². The monoisotopic (exact) mass is 511 g/mol. The van der Waals surface area contributed by atoms with Crippen LogP contribution in [0, 0.1) is 0 Å². The summed E-state index contributed by atoms with van der Waals surface area (Å²) in [6.07, 6.45) is 3.70. The van der Waals surface area contributed by atoms with E-state index < -0.39 is 0 Å². The van der Waals surface area contributed by atoms with Gasteiger partial charge in [0.25, 0.3) is 0 Å². The minimum absolute atomic E-state index is 0. The fourth-order valence-corrected chi connectivity index (χ4v) is 2.91. The molecule has 0 saturated carbocycles. The van der Waals surface area contributed by atoms with E-state index in [1.807, 2.05) is 36.0 Å². The van der Waals surface area contributed by atoms with E-state index in [4.69, 9.17) is 0 Å². The maximum atomic E-state index is 11.6. The van der Waals surface area contributed by atoms with Crippen LogP contribution in [-0.4, -0.2) is 58.8 Å². The van der Waals surface area contributed by atoms with Crippen LogP contribution in [0.5, 0.6) is 0 Å². The predicted octanol–water partition coefficient (Wildman–Crippen LogP) is 1.16.